The molecule has 4 nitrogen and oxygen atoms in total. The molecule has 12 rings (SSSR count). The third kappa shape index (κ3) is 4.02. The second-order valence-corrected chi connectivity index (χ2v) is 14.4. The molecule has 7 aromatic carbocycles. The summed E-state index contributed by atoms with van der Waals surface area (Å²) in [5, 5.41) is -0.120. The zero-order valence-electron chi connectivity index (χ0n) is 49.0. The average Bonchev–Trinajstić information content (AvgIpc) is 4.16. The molecule has 11 aromatic rings. The van der Waals surface area contributed by atoms with Crippen molar-refractivity contribution >= 4 is 75.4 Å². The summed E-state index contributed by atoms with van der Waals surface area (Å²) in [6, 6.07) is -6.55. The van der Waals surface area contributed by atoms with Crippen LogP contribution in [-0.2, 0) is 5.41 Å². The van der Waals surface area contributed by atoms with Gasteiger partial charge in [-0.2, -0.15) is 0 Å². The predicted molar refractivity (Wildman–Crippen MR) is 225 cm³/mol. The molecule has 0 aliphatic heterocycles. The van der Waals surface area contributed by atoms with Gasteiger partial charge in [-0.15, -0.1) is 11.3 Å². The van der Waals surface area contributed by atoms with E-state index in [-0.39, 0.29) is 127 Å². The number of fused-ring (bicyclic) bond motifs is 12. The highest BCUT2D eigenvalue weighted by molar-refractivity contribution is 7.26. The Hall–Kier alpha value is -6.56. The van der Waals surface area contributed by atoms with E-state index in [2.05, 4.69) is 9.97 Å². The minimum atomic E-state index is -1.28. The minimum absolute atomic E-state index is 0.00675. The molecule has 0 N–H and O–H groups in total. The van der Waals surface area contributed by atoms with Crippen molar-refractivity contribution in [3.05, 3.63) is 163 Å². The lowest BCUT2D eigenvalue weighted by atomic mass is 9.82. The molecule has 0 bridgehead atoms. The van der Waals surface area contributed by atoms with Gasteiger partial charge in [0.25, 0.3) is 0 Å². The van der Waals surface area contributed by atoms with Crippen molar-refractivity contribution in [3.8, 4) is 39.2 Å². The van der Waals surface area contributed by atoms with Crippen molar-refractivity contribution in [2.24, 2.45) is 0 Å². The highest BCUT2D eigenvalue weighted by atomic mass is 32.1. The van der Waals surface area contributed by atoms with E-state index >= 15 is 0 Å². The Balaban J connectivity index is 1.13. The van der Waals surface area contributed by atoms with E-state index < -0.39 is 120 Å². The van der Waals surface area contributed by atoms with Crippen LogP contribution >= 0.6 is 11.3 Å². The molecule has 0 saturated carbocycles. The average molecular weight is 731 g/mol. The first kappa shape index (κ1) is 16.2. The van der Waals surface area contributed by atoms with Gasteiger partial charge in [0.2, 0.25) is 0 Å². The number of nitrogens with zero attached hydrogens (tertiary/aromatic N) is 3. The maximum Gasteiger partial charge on any atom is 0.180 e. The normalized spacial score (nSPS) is 19.0. The fraction of sp³-hybridized carbons (Fsp3) is 0.0612. The van der Waals surface area contributed by atoms with E-state index in [0.717, 1.165) is 17.7 Å². The van der Waals surface area contributed by atoms with Crippen LogP contribution in [0.2, 0.25) is 0 Å². The zero-order valence-corrected chi connectivity index (χ0v) is 28.8. The highest BCUT2D eigenvalue weighted by Crippen LogP contribution is 2.51. The van der Waals surface area contributed by atoms with E-state index in [0.29, 0.717) is 0 Å². The van der Waals surface area contributed by atoms with Crippen molar-refractivity contribution < 1.29 is 33.2 Å². The van der Waals surface area contributed by atoms with Gasteiger partial charge in [0.05, 0.1) is 39.8 Å². The van der Waals surface area contributed by atoms with Crippen molar-refractivity contribution in [2.45, 2.75) is 19.3 Å². The molecule has 0 amide bonds. The Morgan fingerprint density at radius 3 is 2.35 bits per heavy atom. The van der Waals surface area contributed by atoms with E-state index in [1.807, 2.05) is 0 Å². The van der Waals surface area contributed by atoms with Gasteiger partial charge in [-0.25, -0.2) is 9.97 Å². The molecule has 4 heterocycles. The Kier molecular flexibility index (Phi) is 3.23. The lowest BCUT2D eigenvalue weighted by Crippen LogP contribution is -2.14. The van der Waals surface area contributed by atoms with Gasteiger partial charge >= 0.3 is 0 Å². The summed E-state index contributed by atoms with van der Waals surface area (Å²) in [7, 11) is 0. The quantitative estimate of drug-likeness (QED) is 0.182. The monoisotopic (exact) mass is 730 g/mol. The van der Waals surface area contributed by atoms with Gasteiger partial charge < -0.3 is 8.98 Å². The molecule has 0 radical (unpaired) electrons. The lowest BCUT2D eigenvalue weighted by molar-refractivity contribution is 0.661. The van der Waals surface area contributed by atoms with E-state index in [4.69, 9.17) is 26.3 Å². The first-order valence-electron chi connectivity index (χ1n) is 27.2. The van der Waals surface area contributed by atoms with Crippen molar-refractivity contribution in [3.63, 3.8) is 0 Å². The minimum Gasteiger partial charge on any atom is -0.452 e. The molecule has 254 valence electrons. The Labute approximate surface area is 344 Å². The zero-order chi connectivity index (χ0) is 54.0. The van der Waals surface area contributed by atoms with Crippen LogP contribution in [0.5, 0.6) is 0 Å². The molecule has 54 heavy (non-hydrogen) atoms. The van der Waals surface area contributed by atoms with E-state index in [9.17, 15) is 6.85 Å². The standard InChI is InChI=1S/C49H31N3OS/c1-49(2)39-18-6-3-13-32(39)36-25-37-33-14-4-7-19-41(33)52(42(37)26-40(36)49)30-21-22-43-38(24-30)46-47(53-43)45(50-27-51-46)29-12-9-11-28(23-29)31-16-10-17-35-34-15-5-8-20-44(34)54-48(31)35/h3-27H,1-2H3/i3D,4D,5D,6D,7D,8D,9D,10D,11D,12D,13D,14D,15D,16D,17D,18D,19D,20D,23D,25D,26D. The Bertz CT molecular complexity index is 4600. The largest absolute Gasteiger partial charge is 0.452 e. The third-order valence-electron chi connectivity index (χ3n) is 10.1. The fourth-order valence-electron chi connectivity index (χ4n) is 7.59. The maximum absolute atomic E-state index is 9.95. The van der Waals surface area contributed by atoms with Crippen molar-refractivity contribution in [1.29, 1.82) is 0 Å². The predicted octanol–water partition coefficient (Wildman–Crippen LogP) is 13.5. The number of hydrogen-bond acceptors (Lipinski definition) is 4. The molecule has 0 spiro atoms. The van der Waals surface area contributed by atoms with Crippen LogP contribution in [0.4, 0.5) is 0 Å². The van der Waals surface area contributed by atoms with Gasteiger partial charge in [-0.3, -0.25) is 0 Å². The number of furan rings is 1. The first-order valence-corrected chi connectivity index (χ1v) is 17.5. The van der Waals surface area contributed by atoms with Gasteiger partial charge in [0.15, 0.2) is 5.58 Å². The van der Waals surface area contributed by atoms with Crippen LogP contribution < -0.4 is 0 Å². The van der Waals surface area contributed by atoms with Crippen LogP contribution in [0.15, 0.2) is 156 Å². The maximum atomic E-state index is 9.95. The molecule has 0 saturated heterocycles. The fourth-order valence-corrected chi connectivity index (χ4v) is 8.66. The number of rotatable bonds is 3. The molecule has 0 atom stereocenters. The van der Waals surface area contributed by atoms with Crippen molar-refractivity contribution in [1.82, 2.24) is 14.5 Å². The highest BCUT2D eigenvalue weighted by Gasteiger charge is 2.36. The molecular formula is C49H31N3OS. The van der Waals surface area contributed by atoms with Gasteiger partial charge in [-0.1, -0.05) is 111 Å². The molecule has 0 unspecified atom stereocenters. The molecule has 4 aromatic heterocycles. The van der Waals surface area contributed by atoms with Crippen LogP contribution in [0.25, 0.3) is 103 Å². The lowest BCUT2D eigenvalue weighted by Gasteiger charge is -2.21. The first-order chi connectivity index (χ1) is 35.3. The number of para-hydroxylation sites is 1. The molecule has 1 aliphatic carbocycles. The van der Waals surface area contributed by atoms with Crippen LogP contribution in [0.1, 0.15) is 53.8 Å². The number of benzene rings is 7. The summed E-state index contributed by atoms with van der Waals surface area (Å²) < 4.78 is 196. The smallest absolute Gasteiger partial charge is 0.180 e. The Morgan fingerprint density at radius 2 is 1.41 bits per heavy atom. The summed E-state index contributed by atoms with van der Waals surface area (Å²) in [5.41, 5.74) is -1.90. The van der Waals surface area contributed by atoms with Gasteiger partial charge in [-0.05, 0) is 81.8 Å². The topological polar surface area (TPSA) is 43.9 Å². The SMILES string of the molecule is [2H]c1c([2H])c(-c2ncnc3c2oc2ccc(-n4c5c([2H])c([2H])c([2H])c([2H])c5c5c([2H])c6c(c([2H])c54)C(C)(C)c4c([2H])c([2H])c([2H])c([2H])c4-6)cc23)c([2H])c(-c2c([2H])c([2H])c([2H])c3c2sc2c([2H])c([2H])c([2H])c([2H])c23)c1[2H]. The molecule has 0 fully saturated rings. The van der Waals surface area contributed by atoms with E-state index in [1.54, 1.807) is 19.9 Å². The second-order valence-electron chi connectivity index (χ2n) is 13.4. The van der Waals surface area contributed by atoms with Crippen LogP contribution in [0.3, 0.4) is 0 Å². The second kappa shape index (κ2) is 10.8. The van der Waals surface area contributed by atoms with Gasteiger partial charge in [0, 0.05) is 53.0 Å². The molecular weight excluding hydrogens is 679 g/mol. The third-order valence-corrected chi connectivity index (χ3v) is 11.2. The number of thiophene rings is 1. The molecule has 5 heteroatoms. The summed E-state index contributed by atoms with van der Waals surface area (Å²) in [6.07, 6.45) is 1.11. The number of aromatic nitrogens is 3. The Morgan fingerprint density at radius 1 is 0.630 bits per heavy atom. The van der Waals surface area contributed by atoms with Crippen LogP contribution in [-0.4, -0.2) is 14.5 Å². The summed E-state index contributed by atoms with van der Waals surface area (Å²) in [6.45, 7) is 3.36. The molecule has 1 aliphatic rings. The van der Waals surface area contributed by atoms with Crippen LogP contribution in [0, 0.1) is 0 Å². The summed E-state index contributed by atoms with van der Waals surface area (Å²) >= 11 is 0.781. The summed E-state index contributed by atoms with van der Waals surface area (Å²) in [5.74, 6) is 0. The summed E-state index contributed by atoms with van der Waals surface area (Å²) in [4.78, 5) is 8.93. The van der Waals surface area contributed by atoms with Gasteiger partial charge in [0.1, 0.15) is 23.1 Å². The van der Waals surface area contributed by atoms with E-state index in [1.165, 1.54) is 16.7 Å². The number of hydrogen-bond donors (Lipinski definition) is 0. The van der Waals surface area contributed by atoms with Crippen molar-refractivity contribution in [2.75, 3.05) is 0 Å².